The average Bonchev–Trinajstić information content (AvgIpc) is 2.47. The molecule has 0 bridgehead atoms. The van der Waals surface area contributed by atoms with Crippen molar-refractivity contribution in [2.24, 2.45) is 5.92 Å². The van der Waals surface area contributed by atoms with Gasteiger partial charge in [-0.3, -0.25) is 4.79 Å². The van der Waals surface area contributed by atoms with Gasteiger partial charge in [0.1, 0.15) is 0 Å². The van der Waals surface area contributed by atoms with E-state index < -0.39 is 0 Å². The maximum Gasteiger partial charge on any atom is 0.253 e. The fraction of sp³-hybridized carbons (Fsp3) is 0.500. The Balaban J connectivity index is 1.98. The van der Waals surface area contributed by atoms with E-state index in [0.29, 0.717) is 0 Å². The highest BCUT2D eigenvalue weighted by Crippen LogP contribution is 2.21. The molecule has 0 N–H and O–H groups in total. The van der Waals surface area contributed by atoms with Gasteiger partial charge in [0.15, 0.2) is 0 Å². The molecule has 1 saturated heterocycles. The van der Waals surface area contributed by atoms with Crippen LogP contribution < -0.4 is 0 Å². The maximum absolute atomic E-state index is 12.3. The standard InChI is InChI=1S/C14H18BrNOS/c1-18-13-4-2-12(3-5-13)14(17)16-8-6-11(10-15)7-9-16/h2-5,11H,6-10H2,1H3. The molecule has 0 atom stereocenters. The van der Waals surface area contributed by atoms with E-state index in [2.05, 4.69) is 15.9 Å². The molecular formula is C14H18BrNOS. The number of carbonyl (C=O) groups is 1. The first kappa shape index (κ1) is 13.9. The Morgan fingerprint density at radius 2 is 1.94 bits per heavy atom. The largest absolute Gasteiger partial charge is 0.339 e. The Labute approximate surface area is 121 Å². The van der Waals surface area contributed by atoms with Crippen LogP contribution in [-0.2, 0) is 0 Å². The minimum atomic E-state index is 0.177. The van der Waals surface area contributed by atoms with Crippen molar-refractivity contribution in [1.82, 2.24) is 4.90 Å². The lowest BCUT2D eigenvalue weighted by Gasteiger charge is -2.31. The molecule has 4 heteroatoms. The van der Waals surface area contributed by atoms with Crippen LogP contribution in [0.3, 0.4) is 0 Å². The summed E-state index contributed by atoms with van der Waals surface area (Å²) in [6.45, 7) is 1.78. The molecule has 1 aromatic carbocycles. The van der Waals surface area contributed by atoms with Crippen LogP contribution in [0.1, 0.15) is 23.2 Å². The molecule has 1 aromatic rings. The third-order valence-electron chi connectivity index (χ3n) is 3.46. The minimum Gasteiger partial charge on any atom is -0.339 e. The summed E-state index contributed by atoms with van der Waals surface area (Å²) < 4.78 is 0. The van der Waals surface area contributed by atoms with Crippen molar-refractivity contribution in [2.75, 3.05) is 24.7 Å². The van der Waals surface area contributed by atoms with Crippen molar-refractivity contribution >= 4 is 33.6 Å². The van der Waals surface area contributed by atoms with E-state index in [0.717, 1.165) is 42.7 Å². The van der Waals surface area contributed by atoms with Crippen molar-refractivity contribution in [1.29, 1.82) is 0 Å². The fourth-order valence-electron chi connectivity index (χ4n) is 2.21. The molecule has 0 unspecified atom stereocenters. The molecule has 1 aliphatic rings. The molecule has 0 spiro atoms. The van der Waals surface area contributed by atoms with Gasteiger partial charge in [-0.15, -0.1) is 11.8 Å². The number of nitrogens with zero attached hydrogens (tertiary/aromatic N) is 1. The summed E-state index contributed by atoms with van der Waals surface area (Å²) in [6, 6.07) is 7.90. The number of piperidine rings is 1. The SMILES string of the molecule is CSc1ccc(C(=O)N2CCC(CBr)CC2)cc1. The number of likely N-dealkylation sites (tertiary alicyclic amines) is 1. The third-order valence-corrected chi connectivity index (χ3v) is 5.12. The molecule has 1 fully saturated rings. The van der Waals surface area contributed by atoms with Gasteiger partial charge in [0.05, 0.1) is 0 Å². The van der Waals surface area contributed by atoms with Crippen molar-refractivity contribution < 1.29 is 4.79 Å². The summed E-state index contributed by atoms with van der Waals surface area (Å²) in [5, 5.41) is 1.05. The highest BCUT2D eigenvalue weighted by molar-refractivity contribution is 9.09. The zero-order valence-electron chi connectivity index (χ0n) is 10.6. The Morgan fingerprint density at radius 3 is 2.44 bits per heavy atom. The van der Waals surface area contributed by atoms with E-state index in [9.17, 15) is 4.79 Å². The molecule has 1 aliphatic heterocycles. The summed E-state index contributed by atoms with van der Waals surface area (Å²) >= 11 is 5.22. The van der Waals surface area contributed by atoms with Gasteiger partial charge in [0, 0.05) is 28.9 Å². The van der Waals surface area contributed by atoms with Crippen LogP contribution in [-0.4, -0.2) is 35.5 Å². The van der Waals surface area contributed by atoms with Gasteiger partial charge < -0.3 is 4.90 Å². The van der Waals surface area contributed by atoms with Crippen molar-refractivity contribution in [2.45, 2.75) is 17.7 Å². The second-order valence-electron chi connectivity index (χ2n) is 4.62. The van der Waals surface area contributed by atoms with Crippen LogP contribution in [0.25, 0.3) is 0 Å². The van der Waals surface area contributed by atoms with Crippen LogP contribution in [0.15, 0.2) is 29.2 Å². The number of amides is 1. The van der Waals surface area contributed by atoms with E-state index in [1.54, 1.807) is 11.8 Å². The molecule has 2 rings (SSSR count). The molecule has 98 valence electrons. The predicted molar refractivity (Wildman–Crippen MR) is 80.6 cm³/mol. The van der Waals surface area contributed by atoms with Gasteiger partial charge >= 0.3 is 0 Å². The van der Waals surface area contributed by atoms with Crippen molar-refractivity contribution in [3.8, 4) is 0 Å². The quantitative estimate of drug-likeness (QED) is 0.623. The van der Waals surface area contributed by atoms with Crippen LogP contribution in [0.2, 0.25) is 0 Å². The van der Waals surface area contributed by atoms with E-state index in [4.69, 9.17) is 0 Å². The third kappa shape index (κ3) is 3.29. The first-order chi connectivity index (χ1) is 8.74. The maximum atomic E-state index is 12.3. The van der Waals surface area contributed by atoms with Crippen LogP contribution in [0.4, 0.5) is 0 Å². The summed E-state index contributed by atoms with van der Waals surface area (Å²) in [5.41, 5.74) is 0.810. The second kappa shape index (κ2) is 6.62. The highest BCUT2D eigenvalue weighted by Gasteiger charge is 2.22. The number of thioether (sulfide) groups is 1. The average molecular weight is 328 g/mol. The number of carbonyl (C=O) groups excluding carboxylic acids is 1. The predicted octanol–water partition coefficient (Wildman–Crippen LogP) is 3.66. The summed E-state index contributed by atoms with van der Waals surface area (Å²) in [6.07, 6.45) is 4.27. The summed E-state index contributed by atoms with van der Waals surface area (Å²) in [7, 11) is 0. The molecule has 1 heterocycles. The number of hydrogen-bond donors (Lipinski definition) is 0. The molecule has 0 saturated carbocycles. The lowest BCUT2D eigenvalue weighted by molar-refractivity contribution is 0.0699. The summed E-state index contributed by atoms with van der Waals surface area (Å²) in [5.74, 6) is 0.906. The van der Waals surface area contributed by atoms with E-state index in [-0.39, 0.29) is 5.91 Å². The number of hydrogen-bond acceptors (Lipinski definition) is 2. The highest BCUT2D eigenvalue weighted by atomic mass is 79.9. The normalized spacial score (nSPS) is 16.9. The van der Waals surface area contributed by atoms with Crippen LogP contribution in [0.5, 0.6) is 0 Å². The smallest absolute Gasteiger partial charge is 0.253 e. The first-order valence-corrected chi connectivity index (χ1v) is 8.58. The Kier molecular flexibility index (Phi) is 5.13. The van der Waals surface area contributed by atoms with Gasteiger partial charge in [-0.05, 0) is 49.3 Å². The molecule has 2 nitrogen and oxygen atoms in total. The number of alkyl halides is 1. The van der Waals surface area contributed by atoms with Gasteiger partial charge in [-0.25, -0.2) is 0 Å². The Morgan fingerprint density at radius 1 is 1.33 bits per heavy atom. The first-order valence-electron chi connectivity index (χ1n) is 6.24. The topological polar surface area (TPSA) is 20.3 Å². The number of halogens is 1. The van der Waals surface area contributed by atoms with Gasteiger partial charge in [0.25, 0.3) is 5.91 Å². The summed E-state index contributed by atoms with van der Waals surface area (Å²) in [4.78, 5) is 15.5. The molecule has 0 aliphatic carbocycles. The van der Waals surface area contributed by atoms with Crippen LogP contribution >= 0.6 is 27.7 Å². The van der Waals surface area contributed by atoms with Gasteiger partial charge in [0.2, 0.25) is 0 Å². The van der Waals surface area contributed by atoms with Crippen LogP contribution in [0, 0.1) is 5.92 Å². The minimum absolute atomic E-state index is 0.177. The second-order valence-corrected chi connectivity index (χ2v) is 6.15. The number of benzene rings is 1. The van der Waals surface area contributed by atoms with E-state index >= 15 is 0 Å². The fourth-order valence-corrected chi connectivity index (χ4v) is 3.26. The van der Waals surface area contributed by atoms with Crippen molar-refractivity contribution in [3.63, 3.8) is 0 Å². The Hall–Kier alpha value is -0.480. The lowest BCUT2D eigenvalue weighted by Crippen LogP contribution is -2.38. The lowest BCUT2D eigenvalue weighted by atomic mass is 9.98. The van der Waals surface area contributed by atoms with Gasteiger partial charge in [-0.1, -0.05) is 15.9 Å². The molecule has 1 amide bonds. The molecule has 0 radical (unpaired) electrons. The molecular weight excluding hydrogens is 310 g/mol. The number of rotatable bonds is 3. The van der Waals surface area contributed by atoms with Crippen molar-refractivity contribution in [3.05, 3.63) is 29.8 Å². The monoisotopic (exact) mass is 327 g/mol. The van der Waals surface area contributed by atoms with E-state index in [1.165, 1.54) is 4.90 Å². The van der Waals surface area contributed by atoms with Gasteiger partial charge in [-0.2, -0.15) is 0 Å². The zero-order chi connectivity index (χ0) is 13.0. The molecule has 18 heavy (non-hydrogen) atoms. The molecule has 0 aromatic heterocycles. The Bertz CT molecular complexity index is 399. The van der Waals surface area contributed by atoms with E-state index in [1.807, 2.05) is 35.4 Å². The zero-order valence-corrected chi connectivity index (χ0v) is 13.0.